The van der Waals surface area contributed by atoms with Gasteiger partial charge in [0.25, 0.3) is 0 Å². The zero-order valence-electron chi connectivity index (χ0n) is 12.0. The third-order valence-electron chi connectivity index (χ3n) is 3.88. The molecule has 3 nitrogen and oxygen atoms in total. The summed E-state index contributed by atoms with van der Waals surface area (Å²) < 4.78 is 26.5. The fraction of sp³-hybridized carbons (Fsp3) is 0.438. The summed E-state index contributed by atoms with van der Waals surface area (Å²) in [5, 5.41) is 9.08. The molecule has 1 heterocycles. The van der Waals surface area contributed by atoms with E-state index in [1.165, 1.54) is 18.2 Å². The van der Waals surface area contributed by atoms with Crippen LogP contribution >= 0.6 is 0 Å². The number of carbonyl (C=O) groups excluding carboxylic acids is 1. The van der Waals surface area contributed by atoms with Gasteiger partial charge in [-0.15, -0.1) is 0 Å². The van der Waals surface area contributed by atoms with Crippen molar-refractivity contribution in [3.63, 3.8) is 0 Å². The number of allylic oxidation sites excluding steroid dienone is 1. The summed E-state index contributed by atoms with van der Waals surface area (Å²) in [5.41, 5.74) is 0.705. The van der Waals surface area contributed by atoms with Crippen molar-refractivity contribution in [2.45, 2.75) is 19.8 Å². The van der Waals surface area contributed by atoms with Crippen molar-refractivity contribution < 1.29 is 18.7 Å². The van der Waals surface area contributed by atoms with Gasteiger partial charge in [-0.1, -0.05) is 0 Å². The molecule has 0 atom stereocenters. The molecule has 1 N–H and O–H groups in total. The van der Waals surface area contributed by atoms with Crippen molar-refractivity contribution in [3.05, 3.63) is 41.5 Å². The first-order chi connectivity index (χ1) is 10.0. The van der Waals surface area contributed by atoms with Gasteiger partial charge in [-0.05, 0) is 43.4 Å². The van der Waals surface area contributed by atoms with Gasteiger partial charge in [0.1, 0.15) is 11.6 Å². The second kappa shape index (κ2) is 6.80. The average molecular weight is 295 g/mol. The van der Waals surface area contributed by atoms with Crippen molar-refractivity contribution in [2.75, 3.05) is 19.7 Å². The normalized spacial score (nSPS) is 17.1. The lowest BCUT2D eigenvalue weighted by Gasteiger charge is -2.30. The van der Waals surface area contributed by atoms with Crippen LogP contribution in [0.2, 0.25) is 0 Å². The first-order valence-electron chi connectivity index (χ1n) is 7.04. The molecule has 1 aliphatic heterocycles. The summed E-state index contributed by atoms with van der Waals surface area (Å²) in [7, 11) is 0. The van der Waals surface area contributed by atoms with E-state index < -0.39 is 11.6 Å². The Morgan fingerprint density at radius 1 is 1.38 bits per heavy atom. The Morgan fingerprint density at radius 3 is 2.62 bits per heavy atom. The monoisotopic (exact) mass is 295 g/mol. The molecule has 1 fully saturated rings. The quantitative estimate of drug-likeness (QED) is 0.871. The van der Waals surface area contributed by atoms with E-state index in [4.69, 9.17) is 5.11 Å². The number of amides is 1. The number of aliphatic hydroxyl groups is 1. The largest absolute Gasteiger partial charge is 0.396 e. The molecule has 0 aromatic heterocycles. The van der Waals surface area contributed by atoms with Crippen LogP contribution in [0.5, 0.6) is 0 Å². The topological polar surface area (TPSA) is 40.5 Å². The first kappa shape index (κ1) is 15.6. The molecule has 21 heavy (non-hydrogen) atoms. The number of carbonyl (C=O) groups is 1. The minimum absolute atomic E-state index is 0.150. The summed E-state index contributed by atoms with van der Waals surface area (Å²) >= 11 is 0. The van der Waals surface area contributed by atoms with E-state index in [1.807, 2.05) is 0 Å². The van der Waals surface area contributed by atoms with Crippen LogP contribution < -0.4 is 0 Å². The number of aliphatic hydroxyl groups excluding tert-OH is 1. The van der Waals surface area contributed by atoms with Crippen molar-refractivity contribution in [1.29, 1.82) is 0 Å². The molecule has 0 aliphatic carbocycles. The predicted molar refractivity (Wildman–Crippen MR) is 76.4 cm³/mol. The molecule has 0 bridgehead atoms. The highest BCUT2D eigenvalue weighted by atomic mass is 19.1. The lowest BCUT2D eigenvalue weighted by atomic mass is 9.97. The smallest absolute Gasteiger partial charge is 0.246 e. The van der Waals surface area contributed by atoms with Crippen molar-refractivity contribution >= 4 is 11.5 Å². The lowest BCUT2D eigenvalue weighted by Crippen LogP contribution is -2.38. The van der Waals surface area contributed by atoms with Crippen LogP contribution in [0, 0.1) is 17.6 Å². The van der Waals surface area contributed by atoms with E-state index in [0.29, 0.717) is 18.7 Å². The van der Waals surface area contributed by atoms with Crippen molar-refractivity contribution in [2.24, 2.45) is 5.92 Å². The maximum absolute atomic E-state index is 13.7. The van der Waals surface area contributed by atoms with Crippen LogP contribution in [0.4, 0.5) is 8.78 Å². The molecule has 1 aromatic rings. The lowest BCUT2D eigenvalue weighted by molar-refractivity contribution is -0.127. The number of benzene rings is 1. The van der Waals surface area contributed by atoms with Crippen molar-refractivity contribution in [1.82, 2.24) is 4.90 Å². The van der Waals surface area contributed by atoms with E-state index in [1.54, 1.807) is 11.8 Å². The van der Waals surface area contributed by atoms with Gasteiger partial charge < -0.3 is 10.0 Å². The van der Waals surface area contributed by atoms with Crippen LogP contribution in [-0.4, -0.2) is 35.6 Å². The van der Waals surface area contributed by atoms with Gasteiger partial charge in [-0.3, -0.25) is 4.79 Å². The zero-order valence-corrected chi connectivity index (χ0v) is 12.0. The minimum atomic E-state index is -0.671. The number of piperidine rings is 1. The summed E-state index contributed by atoms with van der Waals surface area (Å²) in [6.07, 6.45) is 2.94. The van der Waals surface area contributed by atoms with Gasteiger partial charge in [0.05, 0.1) is 0 Å². The Labute approximate surface area is 122 Å². The molecule has 0 spiro atoms. The van der Waals surface area contributed by atoms with E-state index in [2.05, 4.69) is 0 Å². The van der Waals surface area contributed by atoms with Gasteiger partial charge in [-0.25, -0.2) is 8.78 Å². The molecule has 0 radical (unpaired) electrons. The average Bonchev–Trinajstić information content (AvgIpc) is 2.47. The van der Waals surface area contributed by atoms with E-state index >= 15 is 0 Å². The number of hydrogen-bond donors (Lipinski definition) is 1. The summed E-state index contributed by atoms with van der Waals surface area (Å²) in [6, 6.07) is 3.32. The van der Waals surface area contributed by atoms with Crippen LogP contribution in [0.3, 0.4) is 0 Å². The molecule has 114 valence electrons. The Kier molecular flexibility index (Phi) is 5.07. The van der Waals surface area contributed by atoms with E-state index in [-0.39, 0.29) is 24.0 Å². The molecule has 1 aromatic carbocycles. The fourth-order valence-electron chi connectivity index (χ4n) is 2.50. The highest BCUT2D eigenvalue weighted by Crippen LogP contribution is 2.21. The third kappa shape index (κ3) is 3.88. The summed E-state index contributed by atoms with van der Waals surface area (Å²) in [5.74, 6) is -1.22. The second-order valence-corrected chi connectivity index (χ2v) is 5.40. The molecule has 1 amide bonds. The maximum atomic E-state index is 13.7. The Morgan fingerprint density at radius 2 is 2.05 bits per heavy atom. The highest BCUT2D eigenvalue weighted by molar-refractivity contribution is 5.95. The van der Waals surface area contributed by atoms with Crippen LogP contribution in [-0.2, 0) is 4.79 Å². The van der Waals surface area contributed by atoms with Gasteiger partial charge in [0.2, 0.25) is 5.91 Å². The number of nitrogens with zero attached hydrogens (tertiary/aromatic N) is 1. The molecular weight excluding hydrogens is 276 g/mol. The predicted octanol–water partition coefficient (Wildman–Crippen LogP) is 2.60. The molecule has 0 unspecified atom stereocenters. The number of rotatable bonds is 3. The maximum Gasteiger partial charge on any atom is 0.246 e. The molecular formula is C16H19F2NO2. The fourth-order valence-corrected chi connectivity index (χ4v) is 2.50. The highest BCUT2D eigenvalue weighted by Gasteiger charge is 2.21. The summed E-state index contributed by atoms with van der Waals surface area (Å²) in [4.78, 5) is 13.8. The molecule has 1 aliphatic rings. The number of halogens is 2. The molecule has 2 rings (SSSR count). The third-order valence-corrected chi connectivity index (χ3v) is 3.88. The van der Waals surface area contributed by atoms with Gasteiger partial charge in [-0.2, -0.15) is 0 Å². The molecule has 1 saturated heterocycles. The zero-order chi connectivity index (χ0) is 15.4. The Hall–Kier alpha value is -1.75. The SMILES string of the molecule is C/C(=C/C(=O)N1CCC(CO)CC1)c1ccc(F)cc1F. The van der Waals surface area contributed by atoms with Crippen LogP contribution in [0.25, 0.3) is 5.57 Å². The number of hydrogen-bond acceptors (Lipinski definition) is 2. The Balaban J connectivity index is 2.06. The van der Waals surface area contributed by atoms with Gasteiger partial charge >= 0.3 is 0 Å². The number of likely N-dealkylation sites (tertiary alicyclic amines) is 1. The van der Waals surface area contributed by atoms with Gasteiger partial charge in [0.15, 0.2) is 0 Å². The molecule has 0 saturated carbocycles. The molecule has 5 heteroatoms. The standard InChI is InChI=1S/C16H19F2NO2/c1-11(14-3-2-13(17)9-15(14)18)8-16(21)19-6-4-12(10-20)5-7-19/h2-3,8-9,12,20H,4-7,10H2,1H3/b11-8-. The summed E-state index contributed by atoms with van der Waals surface area (Å²) in [6.45, 7) is 2.98. The Bertz CT molecular complexity index is 549. The van der Waals surface area contributed by atoms with E-state index in [9.17, 15) is 13.6 Å². The minimum Gasteiger partial charge on any atom is -0.396 e. The van der Waals surface area contributed by atoms with Crippen LogP contribution in [0.1, 0.15) is 25.3 Å². The van der Waals surface area contributed by atoms with Crippen molar-refractivity contribution in [3.8, 4) is 0 Å². The van der Waals surface area contributed by atoms with Crippen LogP contribution in [0.15, 0.2) is 24.3 Å². The van der Waals surface area contributed by atoms with E-state index in [0.717, 1.165) is 18.9 Å². The first-order valence-corrected chi connectivity index (χ1v) is 7.04. The second-order valence-electron chi connectivity index (χ2n) is 5.40. The van der Waals surface area contributed by atoms with Gasteiger partial charge in [0, 0.05) is 37.4 Å².